The van der Waals surface area contributed by atoms with E-state index in [2.05, 4.69) is 55.4 Å². The largest absolute Gasteiger partial charge is 0.383 e. The Balaban J connectivity index is 2.56. The van der Waals surface area contributed by atoms with Crippen LogP contribution < -0.4 is 5.73 Å². The summed E-state index contributed by atoms with van der Waals surface area (Å²) in [6.07, 6.45) is 0.906. The standard InChI is InChI=1S/C15H21N3/c1-5-13-17-14(15(16)18(13)6-2)12-8-7-10(3)11(4)9-12/h7-9H,5-6,16H2,1-4H3. The highest BCUT2D eigenvalue weighted by molar-refractivity contribution is 5.72. The van der Waals surface area contributed by atoms with E-state index in [0.29, 0.717) is 0 Å². The maximum Gasteiger partial charge on any atom is 0.131 e. The molecule has 3 nitrogen and oxygen atoms in total. The highest BCUT2D eigenvalue weighted by Gasteiger charge is 2.14. The summed E-state index contributed by atoms with van der Waals surface area (Å²) < 4.78 is 2.09. The summed E-state index contributed by atoms with van der Waals surface area (Å²) in [4.78, 5) is 4.68. The zero-order chi connectivity index (χ0) is 13.3. The Hall–Kier alpha value is -1.77. The number of aryl methyl sites for hydroxylation is 3. The molecular formula is C15H21N3. The van der Waals surface area contributed by atoms with Gasteiger partial charge in [-0.1, -0.05) is 19.1 Å². The van der Waals surface area contributed by atoms with Crippen molar-refractivity contribution in [2.45, 2.75) is 40.7 Å². The molecule has 0 radical (unpaired) electrons. The van der Waals surface area contributed by atoms with Gasteiger partial charge >= 0.3 is 0 Å². The molecule has 1 aromatic carbocycles. The van der Waals surface area contributed by atoms with Crippen molar-refractivity contribution in [3.63, 3.8) is 0 Å². The molecule has 0 aliphatic heterocycles. The van der Waals surface area contributed by atoms with E-state index in [1.54, 1.807) is 0 Å². The third-order valence-corrected chi connectivity index (χ3v) is 3.50. The number of aromatic nitrogens is 2. The lowest BCUT2D eigenvalue weighted by Gasteiger charge is -2.06. The second-order valence-corrected chi connectivity index (χ2v) is 4.66. The SMILES string of the molecule is CCc1nc(-c2ccc(C)c(C)c2)c(N)n1CC. The number of nitrogens with two attached hydrogens (primary N) is 1. The van der Waals surface area contributed by atoms with E-state index < -0.39 is 0 Å². The second kappa shape index (κ2) is 4.84. The first kappa shape index (κ1) is 12.7. The van der Waals surface area contributed by atoms with Crippen molar-refractivity contribution in [3.8, 4) is 11.3 Å². The van der Waals surface area contributed by atoms with Crippen LogP contribution in [0.5, 0.6) is 0 Å². The summed E-state index contributed by atoms with van der Waals surface area (Å²) in [7, 11) is 0. The van der Waals surface area contributed by atoms with Crippen molar-refractivity contribution in [1.29, 1.82) is 0 Å². The molecule has 0 atom stereocenters. The van der Waals surface area contributed by atoms with Gasteiger partial charge in [0.05, 0.1) is 0 Å². The van der Waals surface area contributed by atoms with Gasteiger partial charge in [0.2, 0.25) is 0 Å². The normalized spacial score (nSPS) is 10.9. The molecule has 18 heavy (non-hydrogen) atoms. The number of nitrogen functional groups attached to an aromatic ring is 1. The first-order valence-corrected chi connectivity index (χ1v) is 6.51. The molecule has 0 fully saturated rings. The van der Waals surface area contributed by atoms with Crippen molar-refractivity contribution in [1.82, 2.24) is 9.55 Å². The van der Waals surface area contributed by atoms with Crippen LogP contribution in [0.2, 0.25) is 0 Å². The Morgan fingerprint density at radius 3 is 2.39 bits per heavy atom. The van der Waals surface area contributed by atoms with E-state index in [-0.39, 0.29) is 0 Å². The predicted molar refractivity (Wildman–Crippen MR) is 76.6 cm³/mol. The molecule has 0 bridgehead atoms. The predicted octanol–water partition coefficient (Wildman–Crippen LogP) is 3.33. The number of nitrogens with zero attached hydrogens (tertiary/aromatic N) is 2. The highest BCUT2D eigenvalue weighted by Crippen LogP contribution is 2.28. The van der Waals surface area contributed by atoms with Crippen LogP contribution in [0.25, 0.3) is 11.3 Å². The third kappa shape index (κ3) is 2.01. The number of imidazole rings is 1. The van der Waals surface area contributed by atoms with Crippen molar-refractivity contribution in [3.05, 3.63) is 35.2 Å². The zero-order valence-corrected chi connectivity index (χ0v) is 11.6. The minimum absolute atomic E-state index is 0.776. The fourth-order valence-corrected chi connectivity index (χ4v) is 2.24. The quantitative estimate of drug-likeness (QED) is 0.898. The van der Waals surface area contributed by atoms with Crippen LogP contribution in [0.15, 0.2) is 18.2 Å². The Bertz CT molecular complexity index is 567. The second-order valence-electron chi connectivity index (χ2n) is 4.66. The topological polar surface area (TPSA) is 43.8 Å². The maximum absolute atomic E-state index is 6.21. The summed E-state index contributed by atoms with van der Waals surface area (Å²) in [5.74, 6) is 1.83. The molecule has 2 aromatic rings. The summed E-state index contributed by atoms with van der Waals surface area (Å²) in [6, 6.07) is 6.38. The van der Waals surface area contributed by atoms with Gasteiger partial charge in [-0.2, -0.15) is 0 Å². The molecule has 2 rings (SSSR count). The van der Waals surface area contributed by atoms with E-state index in [1.165, 1.54) is 11.1 Å². The summed E-state index contributed by atoms with van der Waals surface area (Å²) in [5, 5.41) is 0. The van der Waals surface area contributed by atoms with Gasteiger partial charge < -0.3 is 10.3 Å². The highest BCUT2D eigenvalue weighted by atomic mass is 15.1. The van der Waals surface area contributed by atoms with Crippen molar-refractivity contribution in [2.24, 2.45) is 0 Å². The molecule has 1 aromatic heterocycles. The first-order valence-electron chi connectivity index (χ1n) is 6.51. The maximum atomic E-state index is 6.21. The fraction of sp³-hybridized carbons (Fsp3) is 0.400. The van der Waals surface area contributed by atoms with Crippen LogP contribution in [-0.4, -0.2) is 9.55 Å². The van der Waals surface area contributed by atoms with Crippen LogP contribution >= 0.6 is 0 Å². The molecular weight excluding hydrogens is 222 g/mol. The van der Waals surface area contributed by atoms with Gasteiger partial charge in [0.25, 0.3) is 0 Å². The van der Waals surface area contributed by atoms with Gasteiger partial charge in [-0.05, 0) is 38.0 Å². The Kier molecular flexibility index (Phi) is 3.41. The van der Waals surface area contributed by atoms with Crippen LogP contribution in [0.1, 0.15) is 30.8 Å². The molecule has 0 amide bonds. The fourth-order valence-electron chi connectivity index (χ4n) is 2.24. The molecule has 96 valence electrons. The molecule has 3 heteroatoms. The minimum atomic E-state index is 0.776. The summed E-state index contributed by atoms with van der Waals surface area (Å²) >= 11 is 0. The molecule has 2 N–H and O–H groups in total. The van der Waals surface area contributed by atoms with Crippen LogP contribution in [0.4, 0.5) is 5.82 Å². The monoisotopic (exact) mass is 243 g/mol. The van der Waals surface area contributed by atoms with Gasteiger partial charge in [0.15, 0.2) is 0 Å². The lowest BCUT2D eigenvalue weighted by Crippen LogP contribution is -2.04. The molecule has 0 saturated heterocycles. The molecule has 0 unspecified atom stereocenters. The van der Waals surface area contributed by atoms with Gasteiger partial charge in [-0.15, -0.1) is 0 Å². The first-order chi connectivity index (χ1) is 8.58. The molecule has 1 heterocycles. The summed E-state index contributed by atoms with van der Waals surface area (Å²) in [6.45, 7) is 9.31. The van der Waals surface area contributed by atoms with E-state index >= 15 is 0 Å². The lowest BCUT2D eigenvalue weighted by molar-refractivity contribution is 0.713. The van der Waals surface area contributed by atoms with Crippen LogP contribution in [0, 0.1) is 13.8 Å². The lowest BCUT2D eigenvalue weighted by atomic mass is 10.0. The van der Waals surface area contributed by atoms with E-state index in [0.717, 1.165) is 35.9 Å². The Morgan fingerprint density at radius 2 is 1.89 bits per heavy atom. The molecule has 0 aliphatic carbocycles. The molecule has 0 saturated carbocycles. The zero-order valence-electron chi connectivity index (χ0n) is 11.6. The van der Waals surface area contributed by atoms with Gasteiger partial charge in [-0.25, -0.2) is 4.98 Å². The van der Waals surface area contributed by atoms with Crippen molar-refractivity contribution >= 4 is 5.82 Å². The van der Waals surface area contributed by atoms with E-state index in [1.807, 2.05) is 0 Å². The smallest absolute Gasteiger partial charge is 0.131 e. The molecule has 0 aliphatic rings. The van der Waals surface area contributed by atoms with Crippen molar-refractivity contribution in [2.75, 3.05) is 5.73 Å². The Labute approximate surface area is 109 Å². The van der Waals surface area contributed by atoms with E-state index in [4.69, 9.17) is 5.73 Å². The third-order valence-electron chi connectivity index (χ3n) is 3.50. The number of benzene rings is 1. The van der Waals surface area contributed by atoms with E-state index in [9.17, 15) is 0 Å². The molecule has 0 spiro atoms. The number of hydrogen-bond donors (Lipinski definition) is 1. The van der Waals surface area contributed by atoms with Gasteiger partial charge in [0.1, 0.15) is 17.3 Å². The van der Waals surface area contributed by atoms with Crippen LogP contribution in [0.3, 0.4) is 0 Å². The number of anilines is 1. The minimum Gasteiger partial charge on any atom is -0.383 e. The van der Waals surface area contributed by atoms with Crippen molar-refractivity contribution < 1.29 is 0 Å². The number of hydrogen-bond acceptors (Lipinski definition) is 2. The Morgan fingerprint density at radius 1 is 1.17 bits per heavy atom. The average Bonchev–Trinajstić information content (AvgIpc) is 2.69. The summed E-state index contributed by atoms with van der Waals surface area (Å²) in [5.41, 5.74) is 10.8. The van der Waals surface area contributed by atoms with Crippen LogP contribution in [-0.2, 0) is 13.0 Å². The van der Waals surface area contributed by atoms with Gasteiger partial charge in [0, 0.05) is 18.5 Å². The number of rotatable bonds is 3. The van der Waals surface area contributed by atoms with Gasteiger partial charge in [-0.3, -0.25) is 0 Å². The average molecular weight is 243 g/mol.